The Bertz CT molecular complexity index is 1100. The van der Waals surface area contributed by atoms with E-state index in [1.54, 1.807) is 29.5 Å². The van der Waals surface area contributed by atoms with Crippen molar-refractivity contribution >= 4 is 25.3 Å². The molecule has 2 rings (SSSR count). The van der Waals surface area contributed by atoms with Gasteiger partial charge in [-0.3, -0.25) is 9.42 Å². The van der Waals surface area contributed by atoms with Crippen LogP contribution < -0.4 is 14.4 Å². The van der Waals surface area contributed by atoms with Crippen LogP contribution in [0.4, 0.5) is 4.79 Å². The molecule has 0 fully saturated rings. The lowest BCUT2D eigenvalue weighted by Crippen LogP contribution is -2.31. The molecule has 0 aliphatic heterocycles. The number of nitrogens with zero attached hydrogens (tertiary/aromatic N) is 1. The van der Waals surface area contributed by atoms with Gasteiger partial charge in [0.05, 0.1) is 11.5 Å². The van der Waals surface area contributed by atoms with E-state index >= 15 is 0 Å². The van der Waals surface area contributed by atoms with E-state index in [0.717, 1.165) is 18.4 Å². The fourth-order valence-electron chi connectivity index (χ4n) is 5.04. The molecule has 1 aromatic heterocycles. The Hall–Kier alpha value is -1.97. The van der Waals surface area contributed by atoms with E-state index in [-0.39, 0.29) is 19.0 Å². The predicted molar refractivity (Wildman–Crippen MR) is 181 cm³/mol. The first-order valence-electron chi connectivity index (χ1n) is 16.9. The molecular formula is C34H58N2O7PS+. The van der Waals surface area contributed by atoms with Gasteiger partial charge in [0, 0.05) is 19.2 Å². The van der Waals surface area contributed by atoms with E-state index in [1.807, 2.05) is 29.3 Å². The highest BCUT2D eigenvalue weighted by molar-refractivity contribution is 7.47. The summed E-state index contributed by atoms with van der Waals surface area (Å²) in [7, 11) is -3.00. The fourth-order valence-corrected chi connectivity index (χ4v) is 6.46. The van der Waals surface area contributed by atoms with Crippen molar-refractivity contribution in [1.29, 1.82) is 0 Å². The molecule has 0 saturated carbocycles. The molecule has 1 aromatic carbocycles. The average Bonchev–Trinajstić information content (AvgIpc) is 3.42. The lowest BCUT2D eigenvalue weighted by atomic mass is 10.0. The number of phosphoric acid groups is 1. The predicted octanol–water partition coefficient (Wildman–Crippen LogP) is 8.89. The van der Waals surface area contributed by atoms with E-state index in [1.165, 1.54) is 102 Å². The summed E-state index contributed by atoms with van der Waals surface area (Å²) in [6, 6.07) is 6.97. The Kier molecular flexibility index (Phi) is 21.1. The number of hydrogen-bond acceptors (Lipinski definition) is 7. The first-order valence-corrected chi connectivity index (χ1v) is 19.3. The third-order valence-corrected chi connectivity index (χ3v) is 9.43. The van der Waals surface area contributed by atoms with Crippen molar-refractivity contribution in [2.24, 2.45) is 0 Å². The van der Waals surface area contributed by atoms with E-state index in [2.05, 4.69) is 12.2 Å². The number of rotatable bonds is 27. The molecule has 0 saturated heterocycles. The van der Waals surface area contributed by atoms with Gasteiger partial charge in [-0.1, -0.05) is 127 Å². The van der Waals surface area contributed by atoms with Crippen LogP contribution in [0.5, 0.6) is 5.75 Å². The molecular weight excluding hydrogens is 611 g/mol. The summed E-state index contributed by atoms with van der Waals surface area (Å²) in [4.78, 5) is 23.5. The third kappa shape index (κ3) is 20.0. The van der Waals surface area contributed by atoms with Crippen LogP contribution in [0.15, 0.2) is 36.0 Å². The van der Waals surface area contributed by atoms with Gasteiger partial charge in [0.1, 0.15) is 18.5 Å². The molecule has 256 valence electrons. The second-order valence-corrected chi connectivity index (χ2v) is 14.3. The molecule has 45 heavy (non-hydrogen) atoms. The standard InChI is InChI=1S/C34H57N2O7PS/c1-4-5-6-7-8-9-10-11-12-13-14-15-16-17-18-19-23-35-34(37)41-27-33(40-3)28-42-44(38,39)43-32-22-20-21-31(24-32)26-36-25-30(2)45-29-36/h20-22,24-25,29,33H,4-19,23,26-28H2,1-3H3,(H-,35,37,38,39)/p+1. The van der Waals surface area contributed by atoms with Crippen molar-refractivity contribution < 1.29 is 37.3 Å². The van der Waals surface area contributed by atoms with Crippen LogP contribution in [0.25, 0.3) is 0 Å². The minimum atomic E-state index is -4.42. The normalized spacial score (nSPS) is 13.3. The molecule has 0 aliphatic rings. The first kappa shape index (κ1) is 39.2. The molecule has 2 N–H and O–H groups in total. The number of thiazole rings is 1. The minimum Gasteiger partial charge on any atom is -0.447 e. The number of alkyl carbamates (subject to hydrolysis) is 1. The Labute approximate surface area is 275 Å². The number of carbonyl (C=O) groups is 1. The highest BCUT2D eigenvalue weighted by Gasteiger charge is 2.26. The van der Waals surface area contributed by atoms with Crippen LogP contribution in [0, 0.1) is 6.92 Å². The van der Waals surface area contributed by atoms with Gasteiger partial charge in [-0.05, 0) is 25.5 Å². The number of aromatic nitrogens is 1. The lowest BCUT2D eigenvalue weighted by molar-refractivity contribution is -0.683. The molecule has 1 amide bonds. The zero-order chi connectivity index (χ0) is 32.6. The van der Waals surface area contributed by atoms with Gasteiger partial charge in [0.2, 0.25) is 5.51 Å². The van der Waals surface area contributed by atoms with Crippen LogP contribution >= 0.6 is 19.2 Å². The zero-order valence-electron chi connectivity index (χ0n) is 27.9. The smallest absolute Gasteiger partial charge is 0.447 e. The summed E-state index contributed by atoms with van der Waals surface area (Å²) in [5.74, 6) is 0.226. The lowest BCUT2D eigenvalue weighted by Gasteiger charge is -2.18. The maximum absolute atomic E-state index is 12.5. The summed E-state index contributed by atoms with van der Waals surface area (Å²) in [6.07, 6.45) is 21.6. The number of phosphoric ester groups is 1. The van der Waals surface area contributed by atoms with E-state index in [4.69, 9.17) is 18.5 Å². The number of methoxy groups -OCH3 is 1. The van der Waals surface area contributed by atoms with Crippen LogP contribution in [0.1, 0.15) is 120 Å². The van der Waals surface area contributed by atoms with Crippen molar-refractivity contribution in [3.8, 4) is 5.75 Å². The summed E-state index contributed by atoms with van der Waals surface area (Å²) >= 11 is 1.65. The van der Waals surface area contributed by atoms with E-state index in [9.17, 15) is 14.3 Å². The zero-order valence-corrected chi connectivity index (χ0v) is 29.6. The Morgan fingerprint density at radius 3 is 2.09 bits per heavy atom. The van der Waals surface area contributed by atoms with Gasteiger partial charge in [-0.15, -0.1) is 0 Å². The Morgan fingerprint density at radius 1 is 0.933 bits per heavy atom. The molecule has 0 spiro atoms. The van der Waals surface area contributed by atoms with Gasteiger partial charge in [0.15, 0.2) is 12.7 Å². The summed E-state index contributed by atoms with van der Waals surface area (Å²) < 4.78 is 35.4. The third-order valence-electron chi connectivity index (χ3n) is 7.66. The molecule has 11 heteroatoms. The van der Waals surface area contributed by atoms with Crippen LogP contribution in [0.3, 0.4) is 0 Å². The van der Waals surface area contributed by atoms with Gasteiger partial charge in [-0.25, -0.2) is 9.36 Å². The van der Waals surface area contributed by atoms with Gasteiger partial charge in [0.25, 0.3) is 0 Å². The number of ether oxygens (including phenoxy) is 2. The quantitative estimate of drug-likeness (QED) is 0.0556. The number of amides is 1. The molecule has 0 radical (unpaired) electrons. The highest BCUT2D eigenvalue weighted by Crippen LogP contribution is 2.44. The van der Waals surface area contributed by atoms with Crippen molar-refractivity contribution in [2.75, 3.05) is 26.9 Å². The number of hydrogen-bond donors (Lipinski definition) is 2. The second kappa shape index (κ2) is 24.2. The average molecular weight is 670 g/mol. The van der Waals surface area contributed by atoms with Gasteiger partial charge in [-0.2, -0.15) is 4.57 Å². The minimum absolute atomic E-state index is 0.117. The molecule has 1 heterocycles. The molecule has 0 aliphatic carbocycles. The summed E-state index contributed by atoms with van der Waals surface area (Å²) in [5.41, 5.74) is 2.93. The largest absolute Gasteiger partial charge is 0.527 e. The fraction of sp³-hybridized carbons (Fsp3) is 0.706. The number of aryl methyl sites for hydroxylation is 1. The van der Waals surface area contributed by atoms with Crippen molar-refractivity contribution in [3.63, 3.8) is 0 Å². The number of benzene rings is 1. The second-order valence-electron chi connectivity index (χ2n) is 11.8. The molecule has 9 nitrogen and oxygen atoms in total. The summed E-state index contributed by atoms with van der Waals surface area (Å²) in [5, 5.41) is 2.75. The number of unbranched alkanes of at least 4 members (excludes halogenated alkanes) is 15. The maximum Gasteiger partial charge on any atom is 0.527 e. The monoisotopic (exact) mass is 669 g/mol. The molecule has 2 unspecified atom stereocenters. The Morgan fingerprint density at radius 2 is 1.53 bits per heavy atom. The van der Waals surface area contributed by atoms with Crippen molar-refractivity contribution in [2.45, 2.75) is 129 Å². The van der Waals surface area contributed by atoms with E-state index in [0.29, 0.717) is 13.1 Å². The number of carbonyl (C=O) groups excluding carboxylic acids is 1. The molecule has 2 atom stereocenters. The van der Waals surface area contributed by atoms with Crippen molar-refractivity contribution in [3.05, 3.63) is 46.4 Å². The van der Waals surface area contributed by atoms with E-state index < -0.39 is 20.0 Å². The molecule has 0 bridgehead atoms. The number of nitrogens with one attached hydrogen (secondary N) is 1. The highest BCUT2D eigenvalue weighted by atomic mass is 32.1. The Balaban J connectivity index is 1.47. The van der Waals surface area contributed by atoms with Gasteiger partial charge < -0.3 is 19.3 Å². The van der Waals surface area contributed by atoms with Crippen molar-refractivity contribution in [1.82, 2.24) is 5.32 Å². The van der Waals surface area contributed by atoms with Crippen LogP contribution in [-0.4, -0.2) is 44.0 Å². The van der Waals surface area contributed by atoms with Crippen LogP contribution in [-0.2, 0) is 25.1 Å². The molecule has 2 aromatic rings. The van der Waals surface area contributed by atoms with Gasteiger partial charge >= 0.3 is 13.9 Å². The SMILES string of the molecule is CCCCCCCCCCCCCCCCCCNC(=O)OCC(COP(=O)(O)Oc1cccc(C[n+]2csc(C)c2)c1)OC. The van der Waals surface area contributed by atoms with Crippen LogP contribution in [0.2, 0.25) is 0 Å². The topological polar surface area (TPSA) is 107 Å². The summed E-state index contributed by atoms with van der Waals surface area (Å²) in [6.45, 7) is 5.07. The maximum atomic E-state index is 12.5. The first-order chi connectivity index (χ1) is 21.8.